The first-order chi connectivity index (χ1) is 9.75. The van der Waals surface area contributed by atoms with Gasteiger partial charge in [0.25, 0.3) is 11.5 Å². The van der Waals surface area contributed by atoms with Crippen molar-refractivity contribution < 1.29 is 4.79 Å². The third kappa shape index (κ3) is 4.35. The van der Waals surface area contributed by atoms with Crippen molar-refractivity contribution in [2.75, 3.05) is 6.54 Å². The number of carbonyl (C=O) groups is 1. The summed E-state index contributed by atoms with van der Waals surface area (Å²) >= 11 is 0. The highest BCUT2D eigenvalue weighted by molar-refractivity contribution is 5.91. The molecule has 1 aromatic carbocycles. The Balaban J connectivity index is 1.67. The molecule has 0 atom stereocenters. The molecule has 20 heavy (non-hydrogen) atoms. The molecule has 0 radical (unpaired) electrons. The van der Waals surface area contributed by atoms with Gasteiger partial charge in [0, 0.05) is 12.6 Å². The Bertz CT molecular complexity index is 588. The zero-order valence-corrected chi connectivity index (χ0v) is 11.1. The quantitative estimate of drug-likeness (QED) is 0.782. The minimum absolute atomic E-state index is 0.229. The van der Waals surface area contributed by atoms with Gasteiger partial charge < -0.3 is 5.32 Å². The number of amides is 1. The Kier molecular flexibility index (Phi) is 5.06. The normalized spacial score (nSPS) is 10.2. The van der Waals surface area contributed by atoms with Gasteiger partial charge in [-0.25, -0.2) is 5.10 Å². The minimum Gasteiger partial charge on any atom is -0.351 e. The van der Waals surface area contributed by atoms with Crippen molar-refractivity contribution in [3.05, 3.63) is 64.1 Å². The number of unbranched alkanes of at least 4 members (excludes halogenated alkanes) is 1. The fourth-order valence-electron chi connectivity index (χ4n) is 1.86. The molecule has 2 rings (SSSR count). The van der Waals surface area contributed by atoms with Gasteiger partial charge in [0.15, 0.2) is 0 Å². The lowest BCUT2D eigenvalue weighted by atomic mass is 10.1. The van der Waals surface area contributed by atoms with Crippen molar-refractivity contribution >= 4 is 5.91 Å². The minimum atomic E-state index is -0.315. The van der Waals surface area contributed by atoms with Gasteiger partial charge >= 0.3 is 0 Å². The zero-order chi connectivity index (χ0) is 14.2. The van der Waals surface area contributed by atoms with Crippen molar-refractivity contribution in [3.63, 3.8) is 0 Å². The monoisotopic (exact) mass is 271 g/mol. The van der Waals surface area contributed by atoms with Crippen LogP contribution in [0.1, 0.15) is 28.9 Å². The number of nitrogens with zero attached hydrogens (tertiary/aromatic N) is 1. The predicted molar refractivity (Wildman–Crippen MR) is 76.6 cm³/mol. The summed E-state index contributed by atoms with van der Waals surface area (Å²) in [5, 5.41) is 8.69. The first-order valence-corrected chi connectivity index (χ1v) is 6.63. The Labute approximate surface area is 117 Å². The van der Waals surface area contributed by atoms with E-state index in [1.54, 1.807) is 0 Å². The van der Waals surface area contributed by atoms with Crippen LogP contribution in [0.2, 0.25) is 0 Å². The van der Waals surface area contributed by atoms with Gasteiger partial charge in [0.05, 0.1) is 0 Å². The highest BCUT2D eigenvalue weighted by Gasteiger charge is 2.05. The lowest BCUT2D eigenvalue weighted by molar-refractivity contribution is 0.0947. The van der Waals surface area contributed by atoms with Crippen LogP contribution in [-0.2, 0) is 6.42 Å². The lowest BCUT2D eigenvalue weighted by Gasteiger charge is -2.04. The van der Waals surface area contributed by atoms with Gasteiger partial charge in [0.2, 0.25) is 0 Å². The third-order valence-electron chi connectivity index (χ3n) is 2.93. The molecule has 5 heteroatoms. The summed E-state index contributed by atoms with van der Waals surface area (Å²) in [6.45, 7) is 0.604. The number of benzene rings is 1. The van der Waals surface area contributed by atoms with Crippen LogP contribution >= 0.6 is 0 Å². The van der Waals surface area contributed by atoms with Crippen LogP contribution in [0.3, 0.4) is 0 Å². The van der Waals surface area contributed by atoms with E-state index < -0.39 is 0 Å². The summed E-state index contributed by atoms with van der Waals surface area (Å²) in [6.07, 6.45) is 2.93. The molecule has 0 spiro atoms. The summed E-state index contributed by atoms with van der Waals surface area (Å²) in [5.41, 5.74) is 1.22. The Morgan fingerprint density at radius 2 is 1.90 bits per heavy atom. The number of H-pyrrole nitrogens is 1. The van der Waals surface area contributed by atoms with Crippen LogP contribution in [0.4, 0.5) is 0 Å². The molecule has 1 aromatic heterocycles. The second-order valence-electron chi connectivity index (χ2n) is 4.51. The molecule has 104 valence electrons. The molecule has 0 aliphatic heterocycles. The largest absolute Gasteiger partial charge is 0.351 e. The van der Waals surface area contributed by atoms with Crippen LogP contribution in [0.25, 0.3) is 0 Å². The van der Waals surface area contributed by atoms with E-state index in [0.29, 0.717) is 6.54 Å². The maximum absolute atomic E-state index is 11.7. The van der Waals surface area contributed by atoms with E-state index in [0.717, 1.165) is 19.3 Å². The molecule has 2 aromatic rings. The van der Waals surface area contributed by atoms with E-state index in [-0.39, 0.29) is 17.2 Å². The van der Waals surface area contributed by atoms with E-state index >= 15 is 0 Å². The highest BCUT2D eigenvalue weighted by atomic mass is 16.2. The number of aromatic amines is 1. The van der Waals surface area contributed by atoms with Crippen molar-refractivity contribution in [1.82, 2.24) is 15.5 Å². The maximum atomic E-state index is 11.7. The molecule has 1 amide bonds. The average Bonchev–Trinajstić information content (AvgIpc) is 2.48. The van der Waals surface area contributed by atoms with Gasteiger partial charge in [-0.05, 0) is 30.9 Å². The van der Waals surface area contributed by atoms with Gasteiger partial charge in [-0.1, -0.05) is 30.3 Å². The van der Waals surface area contributed by atoms with E-state index in [1.165, 1.54) is 17.7 Å². The lowest BCUT2D eigenvalue weighted by Crippen LogP contribution is -2.26. The Morgan fingerprint density at radius 3 is 2.60 bits per heavy atom. The molecular weight excluding hydrogens is 254 g/mol. The standard InChI is InChI=1S/C15H17N3O2/c19-14-10-9-13(17-18-14)15(20)16-11-5-4-8-12-6-2-1-3-7-12/h1-3,6-7,9-10H,4-5,8,11H2,(H,16,20)(H,18,19). The Hall–Kier alpha value is -2.43. The highest BCUT2D eigenvalue weighted by Crippen LogP contribution is 2.03. The van der Waals surface area contributed by atoms with E-state index in [2.05, 4.69) is 27.6 Å². The number of aryl methyl sites for hydroxylation is 1. The molecule has 0 unspecified atom stereocenters. The van der Waals surface area contributed by atoms with Gasteiger partial charge in [-0.2, -0.15) is 5.10 Å². The molecule has 0 aliphatic rings. The molecule has 0 bridgehead atoms. The van der Waals surface area contributed by atoms with E-state index in [4.69, 9.17) is 0 Å². The van der Waals surface area contributed by atoms with Crippen LogP contribution in [0.5, 0.6) is 0 Å². The first-order valence-electron chi connectivity index (χ1n) is 6.63. The smallest absolute Gasteiger partial charge is 0.271 e. The SMILES string of the molecule is O=C(NCCCCc1ccccc1)c1ccc(=O)[nH]n1. The van der Waals surface area contributed by atoms with Gasteiger partial charge in [-0.3, -0.25) is 9.59 Å². The zero-order valence-electron chi connectivity index (χ0n) is 11.1. The van der Waals surface area contributed by atoms with Crippen LogP contribution in [-0.4, -0.2) is 22.6 Å². The van der Waals surface area contributed by atoms with Crippen LogP contribution in [0, 0.1) is 0 Å². The summed E-state index contributed by atoms with van der Waals surface area (Å²) in [6, 6.07) is 13.0. The van der Waals surface area contributed by atoms with E-state index in [9.17, 15) is 9.59 Å². The number of hydrogen-bond acceptors (Lipinski definition) is 3. The van der Waals surface area contributed by atoms with Gasteiger partial charge in [0.1, 0.15) is 5.69 Å². The van der Waals surface area contributed by atoms with Crippen LogP contribution < -0.4 is 10.9 Å². The number of hydrogen-bond donors (Lipinski definition) is 2. The Morgan fingerprint density at radius 1 is 1.10 bits per heavy atom. The van der Waals surface area contributed by atoms with Crippen molar-refractivity contribution in [2.45, 2.75) is 19.3 Å². The number of aromatic nitrogens is 2. The molecule has 0 fully saturated rings. The summed E-state index contributed by atoms with van der Waals surface area (Å²) in [4.78, 5) is 22.5. The fourth-order valence-corrected chi connectivity index (χ4v) is 1.86. The molecule has 0 saturated heterocycles. The molecular formula is C15H17N3O2. The first kappa shape index (κ1) is 14.0. The predicted octanol–water partition coefficient (Wildman–Crippen LogP) is 1.52. The number of rotatable bonds is 6. The number of nitrogens with one attached hydrogen (secondary N) is 2. The average molecular weight is 271 g/mol. The topological polar surface area (TPSA) is 74.8 Å². The maximum Gasteiger partial charge on any atom is 0.271 e. The van der Waals surface area contributed by atoms with E-state index in [1.807, 2.05) is 18.2 Å². The summed E-state index contributed by atoms with van der Waals surface area (Å²) in [5.74, 6) is -0.263. The summed E-state index contributed by atoms with van der Waals surface area (Å²) < 4.78 is 0. The van der Waals surface area contributed by atoms with Crippen molar-refractivity contribution in [2.24, 2.45) is 0 Å². The fraction of sp³-hybridized carbons (Fsp3) is 0.267. The molecule has 0 aliphatic carbocycles. The second kappa shape index (κ2) is 7.23. The van der Waals surface area contributed by atoms with Crippen molar-refractivity contribution in [1.29, 1.82) is 0 Å². The second-order valence-corrected chi connectivity index (χ2v) is 4.51. The van der Waals surface area contributed by atoms with Gasteiger partial charge in [-0.15, -0.1) is 0 Å². The third-order valence-corrected chi connectivity index (χ3v) is 2.93. The molecule has 2 N–H and O–H groups in total. The molecule has 0 saturated carbocycles. The van der Waals surface area contributed by atoms with Crippen LogP contribution in [0.15, 0.2) is 47.3 Å². The number of carbonyl (C=O) groups excluding carboxylic acids is 1. The summed E-state index contributed by atoms with van der Waals surface area (Å²) in [7, 11) is 0. The van der Waals surface area contributed by atoms with Crippen molar-refractivity contribution in [3.8, 4) is 0 Å². The molecule has 5 nitrogen and oxygen atoms in total. The molecule has 1 heterocycles.